The normalized spacial score (nSPS) is 10.6. The third-order valence-electron chi connectivity index (χ3n) is 2.41. The van der Waals surface area contributed by atoms with Gasteiger partial charge in [0.2, 0.25) is 0 Å². The van der Waals surface area contributed by atoms with Gasteiger partial charge in [-0.3, -0.25) is 0 Å². The van der Waals surface area contributed by atoms with Crippen molar-refractivity contribution in [3.05, 3.63) is 40.3 Å². The van der Waals surface area contributed by atoms with Gasteiger partial charge in [0.1, 0.15) is 16.1 Å². The number of hydrogen-bond acceptors (Lipinski definition) is 1. The van der Waals surface area contributed by atoms with Crippen LogP contribution in [0, 0.1) is 6.92 Å². The Labute approximate surface area is 97.9 Å². The number of halogens is 1. The molecule has 2 nitrogen and oxygen atoms in total. The molecule has 0 aliphatic heterocycles. The van der Waals surface area contributed by atoms with Crippen LogP contribution < -0.4 is 0 Å². The van der Waals surface area contributed by atoms with Crippen LogP contribution in [0.15, 0.2) is 28.9 Å². The first-order valence-corrected chi connectivity index (χ1v) is 5.81. The van der Waals surface area contributed by atoms with Crippen LogP contribution in [0.4, 0.5) is 0 Å². The van der Waals surface area contributed by atoms with E-state index < -0.39 is 0 Å². The van der Waals surface area contributed by atoms with Gasteiger partial charge in [-0.15, -0.1) is 0 Å². The molecule has 1 aromatic heterocycles. The first-order chi connectivity index (χ1) is 7.20. The van der Waals surface area contributed by atoms with Crippen LogP contribution >= 0.6 is 15.9 Å². The molecule has 1 aromatic carbocycles. The zero-order valence-corrected chi connectivity index (χ0v) is 10.4. The van der Waals surface area contributed by atoms with Crippen LogP contribution in [0.3, 0.4) is 0 Å². The molecule has 0 aliphatic carbocycles. The standard InChI is InChI=1S/C12H13BrN2/c1-3-9-4-6-10(7-5-9)11-12(13)15-8(2)14-11/h4-7H,3H2,1-2H3,(H,14,15). The molecule has 0 radical (unpaired) electrons. The number of nitrogens with zero attached hydrogens (tertiary/aromatic N) is 1. The van der Waals surface area contributed by atoms with E-state index in [-0.39, 0.29) is 0 Å². The number of imidazole rings is 1. The fourth-order valence-electron chi connectivity index (χ4n) is 1.55. The second kappa shape index (κ2) is 4.19. The Hall–Kier alpha value is -1.09. The van der Waals surface area contributed by atoms with Gasteiger partial charge in [-0.1, -0.05) is 31.2 Å². The lowest BCUT2D eigenvalue weighted by Crippen LogP contribution is -1.82. The Kier molecular flexibility index (Phi) is 2.91. The number of H-pyrrole nitrogens is 1. The number of aryl methyl sites for hydroxylation is 2. The molecule has 0 atom stereocenters. The van der Waals surface area contributed by atoms with Crippen LogP contribution in [0.1, 0.15) is 18.3 Å². The third kappa shape index (κ3) is 2.12. The highest BCUT2D eigenvalue weighted by Crippen LogP contribution is 2.25. The highest BCUT2D eigenvalue weighted by atomic mass is 79.9. The van der Waals surface area contributed by atoms with Crippen molar-refractivity contribution in [3.8, 4) is 11.3 Å². The Morgan fingerprint density at radius 3 is 2.40 bits per heavy atom. The van der Waals surface area contributed by atoms with Gasteiger partial charge in [0, 0.05) is 5.56 Å². The quantitative estimate of drug-likeness (QED) is 0.881. The molecular weight excluding hydrogens is 252 g/mol. The summed E-state index contributed by atoms with van der Waals surface area (Å²) < 4.78 is 0.948. The van der Waals surface area contributed by atoms with Gasteiger partial charge in [0.05, 0.1) is 0 Å². The Bertz CT molecular complexity index is 457. The van der Waals surface area contributed by atoms with Crippen molar-refractivity contribution in [2.75, 3.05) is 0 Å². The lowest BCUT2D eigenvalue weighted by Gasteiger charge is -1.99. The highest BCUT2D eigenvalue weighted by molar-refractivity contribution is 9.10. The lowest BCUT2D eigenvalue weighted by atomic mass is 10.1. The first kappa shape index (κ1) is 10.4. The van der Waals surface area contributed by atoms with Crippen LogP contribution in [0.5, 0.6) is 0 Å². The average Bonchev–Trinajstić information content (AvgIpc) is 2.58. The monoisotopic (exact) mass is 264 g/mol. The summed E-state index contributed by atoms with van der Waals surface area (Å²) in [5, 5.41) is 0. The van der Waals surface area contributed by atoms with E-state index in [1.807, 2.05) is 6.92 Å². The summed E-state index contributed by atoms with van der Waals surface area (Å²) in [6.45, 7) is 4.11. The van der Waals surface area contributed by atoms with E-state index in [9.17, 15) is 0 Å². The van der Waals surface area contributed by atoms with E-state index in [1.54, 1.807) is 0 Å². The fourth-order valence-corrected chi connectivity index (χ4v) is 2.16. The van der Waals surface area contributed by atoms with Gasteiger partial charge in [0.25, 0.3) is 0 Å². The third-order valence-corrected chi connectivity index (χ3v) is 2.99. The highest BCUT2D eigenvalue weighted by Gasteiger charge is 2.07. The molecule has 0 fully saturated rings. The molecule has 15 heavy (non-hydrogen) atoms. The van der Waals surface area contributed by atoms with Crippen molar-refractivity contribution in [3.63, 3.8) is 0 Å². The summed E-state index contributed by atoms with van der Waals surface area (Å²) in [6.07, 6.45) is 1.07. The van der Waals surface area contributed by atoms with Crippen LogP contribution in [-0.2, 0) is 6.42 Å². The summed E-state index contributed by atoms with van der Waals surface area (Å²) in [6, 6.07) is 8.51. The molecule has 78 valence electrons. The molecule has 0 amide bonds. The number of hydrogen-bond donors (Lipinski definition) is 1. The Balaban J connectivity index is 2.41. The molecule has 2 rings (SSSR count). The van der Waals surface area contributed by atoms with Crippen LogP contribution in [-0.4, -0.2) is 9.97 Å². The molecule has 0 saturated carbocycles. The summed E-state index contributed by atoms with van der Waals surface area (Å²) >= 11 is 3.47. The Morgan fingerprint density at radius 1 is 1.27 bits per heavy atom. The van der Waals surface area contributed by atoms with Gasteiger partial charge >= 0.3 is 0 Å². The summed E-state index contributed by atoms with van der Waals surface area (Å²) in [4.78, 5) is 7.57. The molecular formula is C12H13BrN2. The van der Waals surface area contributed by atoms with Crippen molar-refractivity contribution in [1.82, 2.24) is 9.97 Å². The zero-order chi connectivity index (χ0) is 10.8. The zero-order valence-electron chi connectivity index (χ0n) is 8.84. The molecule has 1 heterocycles. The molecule has 1 N–H and O–H groups in total. The van der Waals surface area contributed by atoms with Crippen molar-refractivity contribution < 1.29 is 0 Å². The largest absolute Gasteiger partial charge is 0.336 e. The van der Waals surface area contributed by atoms with E-state index >= 15 is 0 Å². The van der Waals surface area contributed by atoms with E-state index in [1.165, 1.54) is 5.56 Å². The maximum Gasteiger partial charge on any atom is 0.110 e. The molecule has 2 aromatic rings. The second-order valence-corrected chi connectivity index (χ2v) is 4.33. The maximum atomic E-state index is 4.43. The predicted octanol–water partition coefficient (Wildman–Crippen LogP) is 3.71. The summed E-state index contributed by atoms with van der Waals surface area (Å²) in [5.41, 5.74) is 3.47. The Morgan fingerprint density at radius 2 is 1.93 bits per heavy atom. The van der Waals surface area contributed by atoms with Gasteiger partial charge < -0.3 is 4.98 Å². The van der Waals surface area contributed by atoms with E-state index in [4.69, 9.17) is 0 Å². The fraction of sp³-hybridized carbons (Fsp3) is 0.250. The molecule has 0 aliphatic rings. The van der Waals surface area contributed by atoms with Crippen LogP contribution in [0.25, 0.3) is 11.3 Å². The van der Waals surface area contributed by atoms with Crippen molar-refractivity contribution in [2.24, 2.45) is 0 Å². The number of benzene rings is 1. The van der Waals surface area contributed by atoms with Crippen LogP contribution in [0.2, 0.25) is 0 Å². The SMILES string of the molecule is CCc1ccc(-c2nc(C)[nH]c2Br)cc1. The maximum absolute atomic E-state index is 4.43. The predicted molar refractivity (Wildman–Crippen MR) is 65.8 cm³/mol. The average molecular weight is 265 g/mol. The van der Waals surface area contributed by atoms with Crippen molar-refractivity contribution >= 4 is 15.9 Å². The second-order valence-electron chi connectivity index (χ2n) is 3.54. The lowest BCUT2D eigenvalue weighted by molar-refractivity contribution is 1.14. The number of nitrogens with one attached hydrogen (secondary N) is 1. The first-order valence-electron chi connectivity index (χ1n) is 5.02. The van der Waals surface area contributed by atoms with Crippen molar-refractivity contribution in [1.29, 1.82) is 0 Å². The molecule has 3 heteroatoms. The number of rotatable bonds is 2. The van der Waals surface area contributed by atoms with Crippen molar-refractivity contribution in [2.45, 2.75) is 20.3 Å². The minimum atomic E-state index is 0.927. The van der Waals surface area contributed by atoms with Gasteiger partial charge in [-0.25, -0.2) is 4.98 Å². The minimum absolute atomic E-state index is 0.927. The van der Waals surface area contributed by atoms with E-state index in [0.717, 1.165) is 28.1 Å². The minimum Gasteiger partial charge on any atom is -0.336 e. The molecule has 0 spiro atoms. The molecule has 0 saturated heterocycles. The van der Waals surface area contributed by atoms with E-state index in [2.05, 4.69) is 57.1 Å². The van der Waals surface area contributed by atoms with Gasteiger partial charge in [-0.2, -0.15) is 0 Å². The van der Waals surface area contributed by atoms with Gasteiger partial charge in [-0.05, 0) is 34.8 Å². The molecule has 0 bridgehead atoms. The summed E-state index contributed by atoms with van der Waals surface area (Å²) in [5.74, 6) is 0.927. The number of aromatic nitrogens is 2. The van der Waals surface area contributed by atoms with Gasteiger partial charge in [0.15, 0.2) is 0 Å². The smallest absolute Gasteiger partial charge is 0.110 e. The number of aromatic amines is 1. The topological polar surface area (TPSA) is 28.7 Å². The molecule has 0 unspecified atom stereocenters. The summed E-state index contributed by atoms with van der Waals surface area (Å²) in [7, 11) is 0. The van der Waals surface area contributed by atoms with E-state index in [0.29, 0.717) is 0 Å².